The molecule has 0 aliphatic rings. The monoisotopic (exact) mass is 531 g/mol. The third kappa shape index (κ3) is 4.81. The molecule has 2 heterocycles. The highest BCUT2D eigenvalue weighted by atomic mass is 35.5. The quantitative estimate of drug-likeness (QED) is 0.229. The molecule has 0 saturated carbocycles. The van der Waals surface area contributed by atoms with Gasteiger partial charge in [0.15, 0.2) is 5.78 Å². The average molecular weight is 532 g/mol. The number of fused-ring (bicyclic) bond motifs is 2. The molecular weight excluding hydrogens is 502 g/mol. The Morgan fingerprint density at radius 2 is 1.73 bits per heavy atom. The minimum atomic E-state index is -0.699. The largest absolute Gasteiger partial charge is 0.360 e. The van der Waals surface area contributed by atoms with Crippen LogP contribution in [0.4, 0.5) is 0 Å². The SMILES string of the molecule is CC(=O)[C@@H](OC(C)(C)C)c1c(C)cc2nc(-c3ccc4c(c3)c(C)nn4C)sc2c1-c1ccc(Cl)cc1. The second kappa shape index (κ2) is 9.35. The highest BCUT2D eigenvalue weighted by Gasteiger charge is 2.30. The first-order chi connectivity index (χ1) is 17.4. The van der Waals surface area contributed by atoms with Gasteiger partial charge in [-0.05, 0) is 89.1 Å². The van der Waals surface area contributed by atoms with Crippen molar-refractivity contribution in [2.75, 3.05) is 0 Å². The summed E-state index contributed by atoms with van der Waals surface area (Å²) in [6.45, 7) is 11.6. The van der Waals surface area contributed by atoms with E-state index in [4.69, 9.17) is 21.3 Å². The number of Topliss-reactive ketones (excluding diaryl/α,β-unsaturated/α-hetero) is 1. The van der Waals surface area contributed by atoms with Gasteiger partial charge in [-0.15, -0.1) is 11.3 Å². The second-order valence-electron chi connectivity index (χ2n) is 10.5. The predicted molar refractivity (Wildman–Crippen MR) is 154 cm³/mol. The van der Waals surface area contributed by atoms with Gasteiger partial charge in [-0.2, -0.15) is 5.10 Å². The van der Waals surface area contributed by atoms with Gasteiger partial charge < -0.3 is 4.74 Å². The molecule has 5 nitrogen and oxygen atoms in total. The number of hydrogen-bond acceptors (Lipinski definition) is 5. The Bertz CT molecular complexity index is 1660. The molecule has 0 aliphatic carbocycles. The van der Waals surface area contributed by atoms with E-state index < -0.39 is 11.7 Å². The van der Waals surface area contributed by atoms with Gasteiger partial charge in [0.2, 0.25) is 0 Å². The number of thiazole rings is 1. The van der Waals surface area contributed by atoms with Crippen molar-refractivity contribution in [1.82, 2.24) is 14.8 Å². The lowest BCUT2D eigenvalue weighted by atomic mass is 9.90. The zero-order chi connectivity index (χ0) is 26.6. The Morgan fingerprint density at radius 1 is 1.05 bits per heavy atom. The van der Waals surface area contributed by atoms with E-state index in [1.807, 2.05) is 70.6 Å². The van der Waals surface area contributed by atoms with Gasteiger partial charge in [0.25, 0.3) is 0 Å². The standard InChI is InChI=1S/C30H30ClN3O2S/c1-16-14-23-28(37-29(32-23)20-10-13-24-22(15-20)17(2)33-34(24)7)26(19-8-11-21(31)12-9-19)25(16)27(18(3)35)36-30(4,5)6/h8-15,27H,1-7H3/t27-/m1/s1. The molecule has 0 N–H and O–H groups in total. The van der Waals surface area contributed by atoms with E-state index in [1.165, 1.54) is 0 Å². The van der Waals surface area contributed by atoms with Crippen LogP contribution in [0.25, 0.3) is 42.8 Å². The van der Waals surface area contributed by atoms with Crippen LogP contribution in [0.3, 0.4) is 0 Å². The summed E-state index contributed by atoms with van der Waals surface area (Å²) in [4.78, 5) is 18.0. The number of nitrogens with zero attached hydrogens (tertiary/aromatic N) is 3. The summed E-state index contributed by atoms with van der Waals surface area (Å²) >= 11 is 7.87. The minimum Gasteiger partial charge on any atom is -0.360 e. The topological polar surface area (TPSA) is 57.0 Å². The number of carbonyl (C=O) groups excluding carboxylic acids is 1. The molecule has 2 aromatic heterocycles. The van der Waals surface area contributed by atoms with Gasteiger partial charge in [-0.1, -0.05) is 23.7 Å². The summed E-state index contributed by atoms with van der Waals surface area (Å²) in [5, 5.41) is 7.25. The highest BCUT2D eigenvalue weighted by molar-refractivity contribution is 7.22. The molecule has 0 bridgehead atoms. The highest BCUT2D eigenvalue weighted by Crippen LogP contribution is 2.44. The van der Waals surface area contributed by atoms with Crippen LogP contribution < -0.4 is 0 Å². The van der Waals surface area contributed by atoms with Gasteiger partial charge in [0, 0.05) is 34.1 Å². The maximum Gasteiger partial charge on any atom is 0.163 e. The van der Waals surface area contributed by atoms with Crippen molar-refractivity contribution in [3.63, 3.8) is 0 Å². The molecule has 7 heteroatoms. The van der Waals surface area contributed by atoms with Crippen molar-refractivity contribution in [2.45, 2.75) is 53.2 Å². The van der Waals surface area contributed by atoms with E-state index in [0.717, 1.165) is 59.6 Å². The summed E-state index contributed by atoms with van der Waals surface area (Å²) in [6, 6.07) is 16.2. The molecule has 1 atom stereocenters. The fourth-order valence-corrected chi connectivity index (χ4v) is 6.10. The van der Waals surface area contributed by atoms with Crippen LogP contribution in [0, 0.1) is 13.8 Å². The molecule has 0 fully saturated rings. The minimum absolute atomic E-state index is 0.0326. The van der Waals surface area contributed by atoms with Gasteiger partial charge >= 0.3 is 0 Å². The summed E-state index contributed by atoms with van der Waals surface area (Å²) in [5.41, 5.74) is 7.32. The summed E-state index contributed by atoms with van der Waals surface area (Å²) in [5.74, 6) is -0.0326. The number of rotatable bonds is 5. The number of ether oxygens (including phenoxy) is 1. The first-order valence-electron chi connectivity index (χ1n) is 12.2. The number of hydrogen-bond donors (Lipinski definition) is 0. The van der Waals surface area contributed by atoms with Crippen LogP contribution in [0.5, 0.6) is 0 Å². The van der Waals surface area contributed by atoms with E-state index in [0.29, 0.717) is 5.02 Å². The first kappa shape index (κ1) is 25.6. The Labute approximate surface area is 226 Å². The second-order valence-corrected chi connectivity index (χ2v) is 12.0. The van der Waals surface area contributed by atoms with E-state index >= 15 is 0 Å². The molecule has 190 valence electrons. The van der Waals surface area contributed by atoms with Crippen LogP contribution in [0.2, 0.25) is 5.02 Å². The van der Waals surface area contributed by atoms with Crippen molar-refractivity contribution in [3.05, 3.63) is 70.4 Å². The fraction of sp³-hybridized carbons (Fsp3) is 0.300. The third-order valence-corrected chi connectivity index (χ3v) is 7.84. The van der Waals surface area contributed by atoms with Crippen molar-refractivity contribution in [3.8, 4) is 21.7 Å². The first-order valence-corrected chi connectivity index (χ1v) is 13.4. The van der Waals surface area contributed by atoms with Crippen molar-refractivity contribution in [2.24, 2.45) is 7.05 Å². The predicted octanol–water partition coefficient (Wildman–Crippen LogP) is 8.23. The lowest BCUT2D eigenvalue weighted by Gasteiger charge is -2.29. The molecule has 5 aromatic rings. The Balaban J connectivity index is 1.78. The molecule has 0 aliphatic heterocycles. The van der Waals surface area contributed by atoms with E-state index in [9.17, 15) is 4.79 Å². The van der Waals surface area contributed by atoms with Crippen molar-refractivity contribution >= 4 is 49.8 Å². The van der Waals surface area contributed by atoms with Crippen molar-refractivity contribution in [1.29, 1.82) is 0 Å². The lowest BCUT2D eigenvalue weighted by molar-refractivity contribution is -0.138. The molecular formula is C30H30ClN3O2S. The van der Waals surface area contributed by atoms with Crippen LogP contribution in [-0.4, -0.2) is 26.1 Å². The van der Waals surface area contributed by atoms with Crippen LogP contribution >= 0.6 is 22.9 Å². The van der Waals surface area contributed by atoms with E-state index in [2.05, 4.69) is 29.4 Å². The van der Waals surface area contributed by atoms with Gasteiger partial charge in [0.1, 0.15) is 11.1 Å². The van der Waals surface area contributed by atoms with Gasteiger partial charge in [-0.25, -0.2) is 4.98 Å². The number of ketones is 1. The Kier molecular flexibility index (Phi) is 6.47. The Morgan fingerprint density at radius 3 is 2.38 bits per heavy atom. The van der Waals surface area contributed by atoms with Gasteiger partial charge in [-0.3, -0.25) is 9.48 Å². The van der Waals surface area contributed by atoms with Crippen molar-refractivity contribution < 1.29 is 9.53 Å². The maximum atomic E-state index is 13.0. The van der Waals surface area contributed by atoms with Crippen LogP contribution in [0.15, 0.2) is 48.5 Å². The third-order valence-electron chi connectivity index (χ3n) is 6.45. The summed E-state index contributed by atoms with van der Waals surface area (Å²) < 4.78 is 9.27. The fourth-order valence-electron chi connectivity index (χ4n) is 4.85. The molecule has 0 saturated heterocycles. The lowest BCUT2D eigenvalue weighted by Crippen LogP contribution is -2.27. The molecule has 0 spiro atoms. The molecule has 0 unspecified atom stereocenters. The van der Waals surface area contributed by atoms with E-state index in [1.54, 1.807) is 18.3 Å². The number of aryl methyl sites for hydroxylation is 3. The smallest absolute Gasteiger partial charge is 0.163 e. The zero-order valence-corrected chi connectivity index (χ0v) is 23.7. The number of benzene rings is 3. The molecule has 3 aromatic carbocycles. The maximum absolute atomic E-state index is 13.0. The Hall–Kier alpha value is -3.06. The van der Waals surface area contributed by atoms with Crippen LogP contribution in [0.1, 0.15) is 50.6 Å². The average Bonchev–Trinajstić information content (AvgIpc) is 3.37. The van der Waals surface area contributed by atoms with Crippen LogP contribution in [-0.2, 0) is 16.6 Å². The zero-order valence-electron chi connectivity index (χ0n) is 22.1. The molecule has 37 heavy (non-hydrogen) atoms. The number of halogens is 1. The molecule has 0 radical (unpaired) electrons. The van der Waals surface area contributed by atoms with E-state index in [-0.39, 0.29) is 5.78 Å². The summed E-state index contributed by atoms with van der Waals surface area (Å²) in [7, 11) is 1.96. The molecule has 5 rings (SSSR count). The normalized spacial score (nSPS) is 13.0. The van der Waals surface area contributed by atoms with Gasteiger partial charge in [0.05, 0.1) is 27.0 Å². The summed E-state index contributed by atoms with van der Waals surface area (Å²) in [6.07, 6.45) is -0.699. The number of carbonyl (C=O) groups is 1. The molecule has 0 amide bonds. The number of aromatic nitrogens is 3.